The minimum Gasteiger partial charge on any atom is -0.338 e. The second kappa shape index (κ2) is 6.57. The summed E-state index contributed by atoms with van der Waals surface area (Å²) in [6.45, 7) is 1.29. The van der Waals surface area contributed by atoms with Crippen LogP contribution in [0.3, 0.4) is 0 Å². The zero-order valence-corrected chi connectivity index (χ0v) is 13.7. The summed E-state index contributed by atoms with van der Waals surface area (Å²) in [4.78, 5) is 45.4. The van der Waals surface area contributed by atoms with Crippen LogP contribution >= 0.6 is 11.8 Å². The third kappa shape index (κ3) is 3.31. The molecular weight excluding hydrogens is 316 g/mol. The predicted molar refractivity (Wildman–Crippen MR) is 84.7 cm³/mol. The van der Waals surface area contributed by atoms with Crippen LogP contribution in [0.15, 0.2) is 29.4 Å². The summed E-state index contributed by atoms with van der Waals surface area (Å²) in [5.74, 6) is 0.0992. The molecule has 3 amide bonds. The first-order valence-electron chi connectivity index (χ1n) is 7.42. The number of nitrogens with zero attached hydrogens (tertiary/aromatic N) is 4. The zero-order chi connectivity index (χ0) is 16.4. The van der Waals surface area contributed by atoms with Crippen molar-refractivity contribution in [3.8, 4) is 0 Å². The summed E-state index contributed by atoms with van der Waals surface area (Å²) in [6, 6.07) is 5.01. The van der Waals surface area contributed by atoms with Crippen LogP contribution in [0.4, 0.5) is 0 Å². The number of rotatable bonds is 3. The third-order valence-electron chi connectivity index (χ3n) is 4.07. The highest BCUT2D eigenvalue weighted by Gasteiger charge is 2.42. The van der Waals surface area contributed by atoms with E-state index in [4.69, 9.17) is 0 Å². The van der Waals surface area contributed by atoms with Gasteiger partial charge in [-0.15, -0.1) is 0 Å². The zero-order valence-electron chi connectivity index (χ0n) is 12.8. The van der Waals surface area contributed by atoms with Crippen molar-refractivity contribution >= 4 is 29.5 Å². The van der Waals surface area contributed by atoms with E-state index in [9.17, 15) is 14.4 Å². The molecule has 2 saturated heterocycles. The van der Waals surface area contributed by atoms with E-state index in [0.717, 1.165) is 5.03 Å². The lowest BCUT2D eigenvalue weighted by Gasteiger charge is -2.45. The number of piperazine rings is 2. The van der Waals surface area contributed by atoms with Gasteiger partial charge in [-0.05, 0) is 12.1 Å². The van der Waals surface area contributed by atoms with Crippen LogP contribution in [0.2, 0.25) is 0 Å². The van der Waals surface area contributed by atoms with Crippen LogP contribution in [0, 0.1) is 0 Å². The van der Waals surface area contributed by atoms with E-state index >= 15 is 0 Å². The Balaban J connectivity index is 1.60. The van der Waals surface area contributed by atoms with E-state index in [1.165, 1.54) is 16.7 Å². The van der Waals surface area contributed by atoms with Gasteiger partial charge in [-0.3, -0.25) is 14.4 Å². The van der Waals surface area contributed by atoms with Crippen LogP contribution in [0.1, 0.15) is 0 Å². The number of amides is 3. The normalized spacial score (nSPS) is 21.4. The number of fused-ring (bicyclic) bond motifs is 1. The lowest BCUT2D eigenvalue weighted by atomic mass is 10.1. The first-order valence-corrected chi connectivity index (χ1v) is 8.41. The number of likely N-dealkylation sites (N-methyl/N-ethyl adjacent to an activating group) is 1. The lowest BCUT2D eigenvalue weighted by molar-refractivity contribution is -0.160. The Morgan fingerprint density at radius 3 is 2.91 bits per heavy atom. The number of carbonyl (C=O) groups excluding carboxylic acids is 3. The number of pyridine rings is 1. The number of aromatic nitrogens is 1. The molecule has 2 aliphatic heterocycles. The molecule has 1 unspecified atom stereocenters. The average molecular weight is 334 g/mol. The van der Waals surface area contributed by atoms with Gasteiger partial charge in [0.25, 0.3) is 0 Å². The van der Waals surface area contributed by atoms with Gasteiger partial charge in [0.2, 0.25) is 17.7 Å². The smallest absolute Gasteiger partial charge is 0.247 e. The fourth-order valence-corrected chi connectivity index (χ4v) is 3.57. The SMILES string of the molecule is CN1CC(=O)N2CCN(C(=O)CSc3ccccn3)CC2C1=O. The largest absolute Gasteiger partial charge is 0.338 e. The van der Waals surface area contributed by atoms with Gasteiger partial charge in [0.05, 0.1) is 23.9 Å². The Kier molecular flexibility index (Phi) is 4.51. The molecule has 23 heavy (non-hydrogen) atoms. The molecule has 122 valence electrons. The van der Waals surface area contributed by atoms with Gasteiger partial charge in [-0.25, -0.2) is 4.98 Å². The molecule has 8 heteroatoms. The number of hydrogen-bond donors (Lipinski definition) is 0. The van der Waals surface area contributed by atoms with E-state index in [0.29, 0.717) is 13.1 Å². The maximum Gasteiger partial charge on any atom is 0.247 e. The second-order valence-electron chi connectivity index (χ2n) is 5.59. The van der Waals surface area contributed by atoms with Gasteiger partial charge < -0.3 is 14.7 Å². The van der Waals surface area contributed by atoms with Gasteiger partial charge in [0, 0.05) is 26.3 Å². The molecule has 0 N–H and O–H groups in total. The van der Waals surface area contributed by atoms with Crippen molar-refractivity contribution in [2.45, 2.75) is 11.1 Å². The Labute approximate surface area is 138 Å². The van der Waals surface area contributed by atoms with Crippen LogP contribution in [-0.4, -0.2) is 82.4 Å². The van der Waals surface area contributed by atoms with Crippen molar-refractivity contribution in [1.82, 2.24) is 19.7 Å². The summed E-state index contributed by atoms with van der Waals surface area (Å²) in [7, 11) is 1.62. The van der Waals surface area contributed by atoms with Crippen LogP contribution in [-0.2, 0) is 14.4 Å². The fraction of sp³-hybridized carbons (Fsp3) is 0.467. The molecule has 0 radical (unpaired) electrons. The summed E-state index contributed by atoms with van der Waals surface area (Å²) in [6.07, 6.45) is 1.69. The quantitative estimate of drug-likeness (QED) is 0.709. The highest BCUT2D eigenvalue weighted by Crippen LogP contribution is 2.19. The molecule has 0 spiro atoms. The summed E-state index contributed by atoms with van der Waals surface area (Å²) in [5, 5.41) is 0.795. The highest BCUT2D eigenvalue weighted by atomic mass is 32.2. The molecular formula is C15H18N4O3S. The first kappa shape index (κ1) is 15.8. The van der Waals surface area contributed by atoms with Gasteiger partial charge in [-0.2, -0.15) is 0 Å². The molecule has 0 saturated carbocycles. The summed E-state index contributed by atoms with van der Waals surface area (Å²) < 4.78 is 0. The molecule has 3 rings (SSSR count). The molecule has 0 bridgehead atoms. The van der Waals surface area contributed by atoms with Crippen molar-refractivity contribution in [1.29, 1.82) is 0 Å². The monoisotopic (exact) mass is 334 g/mol. The van der Waals surface area contributed by atoms with Crippen LogP contribution in [0.25, 0.3) is 0 Å². The summed E-state index contributed by atoms with van der Waals surface area (Å²) >= 11 is 1.38. The highest BCUT2D eigenvalue weighted by molar-refractivity contribution is 7.99. The minimum absolute atomic E-state index is 0.0335. The lowest BCUT2D eigenvalue weighted by Crippen LogP contribution is -2.66. The molecule has 7 nitrogen and oxygen atoms in total. The molecule has 2 fully saturated rings. The molecule has 2 aliphatic rings. The summed E-state index contributed by atoms with van der Waals surface area (Å²) in [5.41, 5.74) is 0. The van der Waals surface area contributed by atoms with E-state index in [1.807, 2.05) is 18.2 Å². The van der Waals surface area contributed by atoms with Crippen molar-refractivity contribution < 1.29 is 14.4 Å². The van der Waals surface area contributed by atoms with E-state index < -0.39 is 6.04 Å². The van der Waals surface area contributed by atoms with Crippen molar-refractivity contribution in [3.63, 3.8) is 0 Å². The van der Waals surface area contributed by atoms with Crippen molar-refractivity contribution in [3.05, 3.63) is 24.4 Å². The molecule has 3 heterocycles. The number of thioether (sulfide) groups is 1. The van der Waals surface area contributed by atoms with E-state index in [2.05, 4.69) is 4.98 Å². The standard InChI is InChI=1S/C15H18N4O3S/c1-17-9-13(20)19-7-6-18(8-11(19)15(17)22)14(21)10-23-12-4-2-3-5-16-12/h2-5,11H,6-10H2,1H3. The maximum absolute atomic E-state index is 12.4. The predicted octanol–water partition coefficient (Wildman–Crippen LogP) is -0.315. The molecule has 1 aromatic rings. The Morgan fingerprint density at radius 1 is 1.35 bits per heavy atom. The van der Waals surface area contributed by atoms with Gasteiger partial charge in [0.15, 0.2) is 0 Å². The Morgan fingerprint density at radius 2 is 2.17 bits per heavy atom. The molecule has 1 atom stereocenters. The van der Waals surface area contributed by atoms with Crippen LogP contribution < -0.4 is 0 Å². The molecule has 0 aliphatic carbocycles. The minimum atomic E-state index is -0.543. The topological polar surface area (TPSA) is 73.8 Å². The third-order valence-corrected chi connectivity index (χ3v) is 5.00. The molecule has 0 aromatic carbocycles. The van der Waals surface area contributed by atoms with E-state index in [-0.39, 0.29) is 36.6 Å². The average Bonchev–Trinajstić information content (AvgIpc) is 2.58. The second-order valence-corrected chi connectivity index (χ2v) is 6.59. The Bertz CT molecular complexity index is 624. The first-order chi connectivity index (χ1) is 11.1. The Hall–Kier alpha value is -2.09. The molecule has 1 aromatic heterocycles. The number of hydrogen-bond acceptors (Lipinski definition) is 5. The fourth-order valence-electron chi connectivity index (χ4n) is 2.80. The van der Waals surface area contributed by atoms with Crippen molar-refractivity contribution in [2.24, 2.45) is 0 Å². The maximum atomic E-state index is 12.4. The van der Waals surface area contributed by atoms with Crippen molar-refractivity contribution in [2.75, 3.05) is 39.0 Å². The van der Waals surface area contributed by atoms with Gasteiger partial charge in [-0.1, -0.05) is 17.8 Å². The number of carbonyl (C=O) groups is 3. The van der Waals surface area contributed by atoms with Gasteiger partial charge in [0.1, 0.15) is 6.04 Å². The van der Waals surface area contributed by atoms with Crippen LogP contribution in [0.5, 0.6) is 0 Å². The van der Waals surface area contributed by atoms with Gasteiger partial charge >= 0.3 is 0 Å². The van der Waals surface area contributed by atoms with E-state index in [1.54, 1.807) is 23.0 Å².